The molecule has 2 aromatic carbocycles. The highest BCUT2D eigenvalue weighted by Crippen LogP contribution is 2.27. The number of rotatable bonds is 3. The number of anilines is 1. The summed E-state index contributed by atoms with van der Waals surface area (Å²) in [5, 5.41) is 9.68. The van der Waals surface area contributed by atoms with Gasteiger partial charge in [0.1, 0.15) is 5.82 Å². The minimum Gasteiger partial charge on any atom is -0.504 e. The van der Waals surface area contributed by atoms with Gasteiger partial charge in [-0.15, -0.1) is 0 Å². The van der Waals surface area contributed by atoms with E-state index in [-0.39, 0.29) is 22.7 Å². The van der Waals surface area contributed by atoms with Crippen molar-refractivity contribution in [3.63, 3.8) is 0 Å². The molecule has 0 aliphatic rings. The van der Waals surface area contributed by atoms with E-state index in [0.29, 0.717) is 0 Å². The molecule has 0 unspecified atom stereocenters. The highest BCUT2D eigenvalue weighted by atomic mass is 19.1. The number of aromatic hydroxyl groups is 1. The van der Waals surface area contributed by atoms with Gasteiger partial charge in [0.05, 0.1) is 12.8 Å². The van der Waals surface area contributed by atoms with Crippen LogP contribution >= 0.6 is 0 Å². The van der Waals surface area contributed by atoms with Crippen LogP contribution in [0.5, 0.6) is 11.5 Å². The number of halogens is 1. The van der Waals surface area contributed by atoms with Crippen molar-refractivity contribution in [3.05, 3.63) is 53.8 Å². The van der Waals surface area contributed by atoms with Gasteiger partial charge in [-0.05, 0) is 30.3 Å². The smallest absolute Gasteiger partial charge is 0.258 e. The number of amides is 1. The van der Waals surface area contributed by atoms with Crippen molar-refractivity contribution in [1.29, 1.82) is 0 Å². The maximum atomic E-state index is 13.7. The van der Waals surface area contributed by atoms with Crippen LogP contribution in [0.4, 0.5) is 10.1 Å². The van der Waals surface area contributed by atoms with Crippen molar-refractivity contribution < 1.29 is 19.0 Å². The van der Waals surface area contributed by atoms with Gasteiger partial charge >= 0.3 is 0 Å². The molecule has 1 amide bonds. The van der Waals surface area contributed by atoms with Crippen LogP contribution in [0.2, 0.25) is 0 Å². The zero-order valence-corrected chi connectivity index (χ0v) is 11.1. The highest BCUT2D eigenvalue weighted by molar-refractivity contribution is 6.06. The Balaban J connectivity index is 2.32. The molecule has 0 fully saturated rings. The summed E-state index contributed by atoms with van der Waals surface area (Å²) in [4.78, 5) is 13.4. The van der Waals surface area contributed by atoms with E-state index in [9.17, 15) is 14.3 Å². The summed E-state index contributed by atoms with van der Waals surface area (Å²) >= 11 is 0. The molecule has 0 saturated carbocycles. The van der Waals surface area contributed by atoms with Gasteiger partial charge in [-0.1, -0.05) is 12.1 Å². The van der Waals surface area contributed by atoms with Gasteiger partial charge in [-0.25, -0.2) is 4.39 Å². The molecule has 0 radical (unpaired) electrons. The van der Waals surface area contributed by atoms with Crippen LogP contribution in [-0.2, 0) is 0 Å². The number of para-hydroxylation sites is 1. The van der Waals surface area contributed by atoms with Crippen LogP contribution in [0, 0.1) is 5.82 Å². The van der Waals surface area contributed by atoms with E-state index in [4.69, 9.17) is 4.74 Å². The van der Waals surface area contributed by atoms with Crippen LogP contribution < -0.4 is 9.64 Å². The van der Waals surface area contributed by atoms with Crippen molar-refractivity contribution in [2.45, 2.75) is 0 Å². The summed E-state index contributed by atoms with van der Waals surface area (Å²) in [6.45, 7) is 0. The van der Waals surface area contributed by atoms with E-state index >= 15 is 0 Å². The third kappa shape index (κ3) is 2.56. The molecule has 0 heterocycles. The predicted molar refractivity (Wildman–Crippen MR) is 73.8 cm³/mol. The second-order valence-corrected chi connectivity index (χ2v) is 4.20. The van der Waals surface area contributed by atoms with E-state index in [1.54, 1.807) is 12.1 Å². The van der Waals surface area contributed by atoms with Gasteiger partial charge in [0.25, 0.3) is 5.91 Å². The van der Waals surface area contributed by atoms with Crippen molar-refractivity contribution in [2.75, 3.05) is 19.1 Å². The second-order valence-electron chi connectivity index (χ2n) is 4.20. The highest BCUT2D eigenvalue weighted by Gasteiger charge is 2.17. The van der Waals surface area contributed by atoms with Gasteiger partial charge in [0, 0.05) is 12.6 Å². The molecule has 0 aliphatic carbocycles. The molecular weight excluding hydrogens is 261 g/mol. The van der Waals surface area contributed by atoms with Gasteiger partial charge in [-0.2, -0.15) is 0 Å². The lowest BCUT2D eigenvalue weighted by Gasteiger charge is -2.18. The van der Waals surface area contributed by atoms with E-state index in [1.165, 1.54) is 49.4 Å². The summed E-state index contributed by atoms with van der Waals surface area (Å²) in [5.41, 5.74) is 0.418. The monoisotopic (exact) mass is 275 g/mol. The number of phenolic OH excluding ortho intramolecular Hbond substituents is 1. The molecule has 20 heavy (non-hydrogen) atoms. The molecule has 104 valence electrons. The average Bonchev–Trinajstić information content (AvgIpc) is 2.46. The van der Waals surface area contributed by atoms with E-state index in [0.717, 1.165) is 0 Å². The molecule has 0 saturated heterocycles. The SMILES string of the molecule is COc1ccc(C(=O)N(C)c2ccccc2F)cc1O. The number of benzene rings is 2. The van der Waals surface area contributed by atoms with Crippen LogP contribution in [0.25, 0.3) is 0 Å². The number of hydrogen-bond acceptors (Lipinski definition) is 3. The lowest BCUT2D eigenvalue weighted by Crippen LogP contribution is -2.27. The summed E-state index contributed by atoms with van der Waals surface area (Å²) < 4.78 is 18.6. The minimum atomic E-state index is -0.485. The van der Waals surface area contributed by atoms with Crippen molar-refractivity contribution >= 4 is 11.6 Å². The predicted octanol–water partition coefficient (Wildman–Crippen LogP) is 2.82. The Kier molecular flexibility index (Phi) is 3.89. The Hall–Kier alpha value is -2.56. The zero-order valence-electron chi connectivity index (χ0n) is 11.1. The molecule has 0 bridgehead atoms. The molecule has 1 N–H and O–H groups in total. The topological polar surface area (TPSA) is 49.8 Å². The summed E-state index contributed by atoms with van der Waals surface area (Å²) in [6, 6.07) is 10.3. The number of carbonyl (C=O) groups excluding carboxylic acids is 1. The van der Waals surface area contributed by atoms with E-state index < -0.39 is 11.7 Å². The van der Waals surface area contributed by atoms with Gasteiger partial charge < -0.3 is 14.7 Å². The fraction of sp³-hybridized carbons (Fsp3) is 0.133. The van der Waals surface area contributed by atoms with Gasteiger partial charge in [-0.3, -0.25) is 4.79 Å². The first-order valence-corrected chi connectivity index (χ1v) is 5.94. The molecule has 2 aromatic rings. The van der Waals surface area contributed by atoms with Crippen LogP contribution in [0.15, 0.2) is 42.5 Å². The summed E-state index contributed by atoms with van der Waals surface area (Å²) in [7, 11) is 2.89. The van der Waals surface area contributed by atoms with E-state index in [2.05, 4.69) is 0 Å². The summed E-state index contributed by atoms with van der Waals surface area (Å²) in [6.07, 6.45) is 0. The molecule has 4 nitrogen and oxygen atoms in total. The maximum Gasteiger partial charge on any atom is 0.258 e. The molecule has 0 aromatic heterocycles. The third-order valence-electron chi connectivity index (χ3n) is 2.94. The standard InChI is InChI=1S/C15H14FNO3/c1-17(12-6-4-3-5-11(12)16)15(19)10-7-8-14(20-2)13(18)9-10/h3-9,18H,1-2H3. The fourth-order valence-electron chi connectivity index (χ4n) is 1.85. The summed E-state index contributed by atoms with van der Waals surface area (Å²) in [5.74, 6) is -0.774. The number of phenols is 1. The first-order chi connectivity index (χ1) is 9.54. The van der Waals surface area contributed by atoms with Crippen molar-refractivity contribution in [1.82, 2.24) is 0 Å². The van der Waals surface area contributed by atoms with Crippen LogP contribution in [0.3, 0.4) is 0 Å². The average molecular weight is 275 g/mol. The second kappa shape index (κ2) is 5.61. The Morgan fingerprint density at radius 3 is 2.55 bits per heavy atom. The Bertz CT molecular complexity index is 643. The fourth-order valence-corrected chi connectivity index (χ4v) is 1.85. The van der Waals surface area contributed by atoms with Crippen molar-refractivity contribution in [2.24, 2.45) is 0 Å². The normalized spacial score (nSPS) is 10.2. The minimum absolute atomic E-state index is 0.139. The quantitative estimate of drug-likeness (QED) is 0.937. The zero-order chi connectivity index (χ0) is 14.7. The van der Waals surface area contributed by atoms with Crippen LogP contribution in [0.1, 0.15) is 10.4 Å². The molecule has 2 rings (SSSR count). The Morgan fingerprint density at radius 2 is 1.95 bits per heavy atom. The van der Waals surface area contributed by atoms with Crippen LogP contribution in [-0.4, -0.2) is 25.2 Å². The first kappa shape index (κ1) is 13.9. The lowest BCUT2D eigenvalue weighted by atomic mass is 10.1. The van der Waals surface area contributed by atoms with Crippen molar-refractivity contribution in [3.8, 4) is 11.5 Å². The van der Waals surface area contributed by atoms with E-state index in [1.807, 2.05) is 0 Å². The Labute approximate surface area is 116 Å². The molecule has 0 atom stereocenters. The molecule has 5 heteroatoms. The molecular formula is C15H14FNO3. The molecule has 0 aliphatic heterocycles. The lowest BCUT2D eigenvalue weighted by molar-refractivity contribution is 0.0991. The number of methoxy groups -OCH3 is 1. The molecule has 0 spiro atoms. The number of carbonyl (C=O) groups is 1. The number of ether oxygens (including phenoxy) is 1. The Morgan fingerprint density at radius 1 is 1.25 bits per heavy atom. The third-order valence-corrected chi connectivity index (χ3v) is 2.94. The van der Waals surface area contributed by atoms with Gasteiger partial charge in [0.15, 0.2) is 11.5 Å². The number of nitrogens with zero attached hydrogens (tertiary/aromatic N) is 1. The van der Waals surface area contributed by atoms with Gasteiger partial charge in [0.2, 0.25) is 0 Å². The number of hydrogen-bond donors (Lipinski definition) is 1. The largest absolute Gasteiger partial charge is 0.504 e. The maximum absolute atomic E-state index is 13.7. The first-order valence-electron chi connectivity index (χ1n) is 5.94.